The highest BCUT2D eigenvalue weighted by atomic mass is 16.5. The topological polar surface area (TPSA) is 61.8 Å². The molecular formula is C12H24N2O3. The third-order valence-corrected chi connectivity index (χ3v) is 3.12. The van der Waals surface area contributed by atoms with Crippen LogP contribution in [0.4, 0.5) is 0 Å². The minimum absolute atomic E-state index is 0.103. The molecule has 17 heavy (non-hydrogen) atoms. The van der Waals surface area contributed by atoms with E-state index in [2.05, 4.69) is 10.2 Å². The average molecular weight is 244 g/mol. The number of aliphatic hydroxyl groups excluding tert-OH is 1. The first-order valence-electron chi connectivity index (χ1n) is 6.41. The Balaban J connectivity index is 2.07. The molecule has 1 rings (SSSR count). The van der Waals surface area contributed by atoms with Gasteiger partial charge in [-0.15, -0.1) is 0 Å². The van der Waals surface area contributed by atoms with Gasteiger partial charge in [0.05, 0.1) is 6.10 Å². The predicted molar refractivity (Wildman–Crippen MR) is 65.8 cm³/mol. The fourth-order valence-electron chi connectivity index (χ4n) is 2.00. The van der Waals surface area contributed by atoms with E-state index < -0.39 is 0 Å². The minimum atomic E-state index is 0.103. The van der Waals surface area contributed by atoms with Gasteiger partial charge in [-0.3, -0.25) is 4.79 Å². The summed E-state index contributed by atoms with van der Waals surface area (Å²) in [5.41, 5.74) is 0. The fraction of sp³-hybridized carbons (Fsp3) is 0.917. The van der Waals surface area contributed by atoms with Crippen LogP contribution in [0.2, 0.25) is 0 Å². The monoisotopic (exact) mass is 244 g/mol. The third kappa shape index (κ3) is 6.00. The van der Waals surface area contributed by atoms with E-state index in [-0.39, 0.29) is 12.5 Å². The molecule has 5 nitrogen and oxygen atoms in total. The van der Waals surface area contributed by atoms with Crippen LogP contribution in [0, 0.1) is 0 Å². The molecule has 1 saturated heterocycles. The molecule has 100 valence electrons. The van der Waals surface area contributed by atoms with E-state index in [1.54, 1.807) is 7.05 Å². The van der Waals surface area contributed by atoms with Gasteiger partial charge in [-0.1, -0.05) is 0 Å². The van der Waals surface area contributed by atoms with Crippen molar-refractivity contribution < 1.29 is 14.6 Å². The zero-order valence-corrected chi connectivity index (χ0v) is 10.7. The number of likely N-dealkylation sites (tertiary alicyclic amines) is 1. The van der Waals surface area contributed by atoms with Crippen LogP contribution in [0.25, 0.3) is 0 Å². The summed E-state index contributed by atoms with van der Waals surface area (Å²) in [4.78, 5) is 13.4. The molecule has 0 unspecified atom stereocenters. The molecule has 0 bridgehead atoms. The van der Waals surface area contributed by atoms with Crippen LogP contribution in [0.5, 0.6) is 0 Å². The van der Waals surface area contributed by atoms with Gasteiger partial charge in [0, 0.05) is 46.3 Å². The zero-order valence-electron chi connectivity index (χ0n) is 10.7. The van der Waals surface area contributed by atoms with Crippen LogP contribution in [0.1, 0.15) is 25.7 Å². The van der Waals surface area contributed by atoms with Crippen molar-refractivity contribution >= 4 is 5.91 Å². The molecule has 0 atom stereocenters. The van der Waals surface area contributed by atoms with Crippen molar-refractivity contribution in [3.63, 3.8) is 0 Å². The summed E-state index contributed by atoms with van der Waals surface area (Å²) in [6.45, 7) is 3.69. The van der Waals surface area contributed by atoms with Crippen LogP contribution >= 0.6 is 0 Å². The molecule has 1 aliphatic rings. The van der Waals surface area contributed by atoms with Crippen molar-refractivity contribution in [2.75, 3.05) is 39.9 Å². The van der Waals surface area contributed by atoms with Crippen LogP contribution in [0.3, 0.4) is 0 Å². The van der Waals surface area contributed by atoms with E-state index in [0.29, 0.717) is 19.1 Å². The van der Waals surface area contributed by atoms with E-state index in [1.807, 2.05) is 0 Å². The van der Waals surface area contributed by atoms with Gasteiger partial charge in [0.2, 0.25) is 5.91 Å². The largest absolute Gasteiger partial charge is 0.396 e. The van der Waals surface area contributed by atoms with Crippen molar-refractivity contribution in [1.82, 2.24) is 10.2 Å². The summed E-state index contributed by atoms with van der Waals surface area (Å²) in [6.07, 6.45) is 3.68. The summed E-state index contributed by atoms with van der Waals surface area (Å²) >= 11 is 0. The van der Waals surface area contributed by atoms with E-state index in [1.165, 1.54) is 0 Å². The minimum Gasteiger partial charge on any atom is -0.396 e. The second-order valence-electron chi connectivity index (χ2n) is 4.41. The van der Waals surface area contributed by atoms with Crippen molar-refractivity contribution in [3.05, 3.63) is 0 Å². The number of nitrogens with one attached hydrogen (secondary N) is 1. The first-order valence-corrected chi connectivity index (χ1v) is 6.41. The number of piperidine rings is 1. The van der Waals surface area contributed by atoms with Gasteiger partial charge in [-0.25, -0.2) is 0 Å². The van der Waals surface area contributed by atoms with Gasteiger partial charge < -0.3 is 20.1 Å². The molecule has 0 saturated carbocycles. The Bertz CT molecular complexity index is 216. The second-order valence-corrected chi connectivity index (χ2v) is 4.41. The van der Waals surface area contributed by atoms with Gasteiger partial charge in [0.1, 0.15) is 0 Å². The van der Waals surface area contributed by atoms with Gasteiger partial charge in [-0.05, 0) is 19.3 Å². The highest BCUT2D eigenvalue weighted by Gasteiger charge is 2.19. The Morgan fingerprint density at radius 2 is 2.18 bits per heavy atom. The lowest BCUT2D eigenvalue weighted by Gasteiger charge is -2.31. The maximum absolute atomic E-state index is 11.1. The van der Waals surface area contributed by atoms with Crippen LogP contribution in [-0.2, 0) is 9.53 Å². The molecule has 5 heteroatoms. The quantitative estimate of drug-likeness (QED) is 0.618. The number of aliphatic hydroxyl groups is 1. The van der Waals surface area contributed by atoms with Crippen molar-refractivity contribution in [2.24, 2.45) is 0 Å². The molecule has 0 aromatic rings. The molecule has 0 aromatic carbocycles. The number of hydrogen-bond acceptors (Lipinski definition) is 4. The Hall–Kier alpha value is -0.650. The van der Waals surface area contributed by atoms with Crippen LogP contribution < -0.4 is 5.32 Å². The summed E-state index contributed by atoms with van der Waals surface area (Å²) in [6, 6.07) is 0. The van der Waals surface area contributed by atoms with E-state index >= 15 is 0 Å². The normalized spacial score (nSPS) is 18.2. The van der Waals surface area contributed by atoms with Gasteiger partial charge in [-0.2, -0.15) is 0 Å². The molecule has 0 aromatic heterocycles. The number of rotatable bonds is 7. The molecule has 1 fully saturated rings. The third-order valence-electron chi connectivity index (χ3n) is 3.12. The number of hydrogen-bond donors (Lipinski definition) is 2. The average Bonchev–Trinajstić information content (AvgIpc) is 2.37. The van der Waals surface area contributed by atoms with Gasteiger partial charge >= 0.3 is 0 Å². The molecule has 0 radical (unpaired) electrons. The predicted octanol–water partition coefficient (Wildman–Crippen LogP) is -0.0141. The smallest absolute Gasteiger partial charge is 0.221 e. The molecule has 2 N–H and O–H groups in total. The molecular weight excluding hydrogens is 220 g/mol. The van der Waals surface area contributed by atoms with Crippen molar-refractivity contribution in [3.8, 4) is 0 Å². The lowest BCUT2D eigenvalue weighted by molar-refractivity contribution is -0.121. The van der Waals surface area contributed by atoms with Crippen molar-refractivity contribution in [2.45, 2.75) is 31.8 Å². The molecule has 0 aliphatic carbocycles. The summed E-state index contributed by atoms with van der Waals surface area (Å²) in [7, 11) is 1.67. The first kappa shape index (κ1) is 14.4. The Morgan fingerprint density at radius 1 is 1.47 bits per heavy atom. The highest BCUT2D eigenvalue weighted by Crippen LogP contribution is 2.13. The summed E-state index contributed by atoms with van der Waals surface area (Å²) in [5, 5.41) is 11.3. The summed E-state index contributed by atoms with van der Waals surface area (Å²) < 4.78 is 5.65. The number of carbonyl (C=O) groups is 1. The lowest BCUT2D eigenvalue weighted by atomic mass is 10.1. The number of carbonyl (C=O) groups excluding carboxylic acids is 1. The number of nitrogens with zero attached hydrogens (tertiary/aromatic N) is 1. The highest BCUT2D eigenvalue weighted by molar-refractivity contribution is 5.75. The van der Waals surface area contributed by atoms with E-state index in [0.717, 1.165) is 38.9 Å². The molecule has 0 spiro atoms. The number of ether oxygens (including phenoxy) is 1. The maximum Gasteiger partial charge on any atom is 0.221 e. The standard InChI is InChI=1S/C12H24N2O3/c1-13-12(16)5-8-14-6-3-11(4-7-14)17-10-2-9-15/h11,15H,2-10H2,1H3,(H,13,16). The Labute approximate surface area is 103 Å². The zero-order chi connectivity index (χ0) is 12.5. The molecule has 1 heterocycles. The number of amides is 1. The lowest BCUT2D eigenvalue weighted by Crippen LogP contribution is -2.39. The second kappa shape index (κ2) is 8.44. The first-order chi connectivity index (χ1) is 8.26. The fourth-order valence-corrected chi connectivity index (χ4v) is 2.00. The SMILES string of the molecule is CNC(=O)CCN1CCC(OCCCO)CC1. The van der Waals surface area contributed by atoms with Crippen molar-refractivity contribution in [1.29, 1.82) is 0 Å². The Kier molecular flexibility index (Phi) is 7.16. The van der Waals surface area contributed by atoms with E-state index in [9.17, 15) is 4.79 Å². The van der Waals surface area contributed by atoms with Gasteiger partial charge in [0.15, 0.2) is 0 Å². The maximum atomic E-state index is 11.1. The van der Waals surface area contributed by atoms with E-state index in [4.69, 9.17) is 9.84 Å². The van der Waals surface area contributed by atoms with Crippen LogP contribution in [0.15, 0.2) is 0 Å². The molecule has 1 amide bonds. The summed E-state index contributed by atoms with van der Waals surface area (Å²) in [5.74, 6) is 0.103. The van der Waals surface area contributed by atoms with Crippen LogP contribution in [-0.4, -0.2) is 61.9 Å². The molecule has 1 aliphatic heterocycles. The Morgan fingerprint density at radius 3 is 2.76 bits per heavy atom. The van der Waals surface area contributed by atoms with Gasteiger partial charge in [0.25, 0.3) is 0 Å².